The van der Waals surface area contributed by atoms with Crippen LogP contribution in [0.5, 0.6) is 0 Å². The molecular formula is C14H21N3O8. The number of carboxylic acid groups (broad SMARTS) is 1. The highest BCUT2D eigenvalue weighted by Crippen LogP contribution is 2.10. The van der Waals surface area contributed by atoms with Gasteiger partial charge in [-0.1, -0.05) is 0 Å². The number of carbonyl (C=O) groups is 4. The van der Waals surface area contributed by atoms with Crippen LogP contribution in [0.4, 0.5) is 4.79 Å². The zero-order valence-electron chi connectivity index (χ0n) is 13.7. The number of imide groups is 1. The Kier molecular flexibility index (Phi) is 9.14. The first kappa shape index (κ1) is 20.5. The Bertz CT molecular complexity index is 504. The average molecular weight is 359 g/mol. The van der Waals surface area contributed by atoms with Crippen molar-refractivity contribution in [2.75, 3.05) is 39.6 Å². The van der Waals surface area contributed by atoms with Crippen LogP contribution in [0.1, 0.15) is 6.92 Å². The summed E-state index contributed by atoms with van der Waals surface area (Å²) in [6.45, 7) is 3.33. The van der Waals surface area contributed by atoms with Crippen LogP contribution in [-0.4, -0.2) is 79.5 Å². The summed E-state index contributed by atoms with van der Waals surface area (Å²) in [7, 11) is 0. The third kappa shape index (κ3) is 7.28. The van der Waals surface area contributed by atoms with Gasteiger partial charge in [-0.3, -0.25) is 24.7 Å². The van der Waals surface area contributed by atoms with Gasteiger partial charge >= 0.3 is 6.09 Å². The molecule has 4 amide bonds. The molecule has 0 saturated heterocycles. The lowest BCUT2D eigenvalue weighted by Gasteiger charge is -2.24. The molecule has 1 unspecified atom stereocenters. The summed E-state index contributed by atoms with van der Waals surface area (Å²) in [5.74, 6) is -2.26. The minimum atomic E-state index is -1.49. The quantitative estimate of drug-likeness (QED) is 0.233. The number of hydrogen-bond acceptors (Lipinski definition) is 7. The maximum Gasteiger partial charge on any atom is 0.423 e. The summed E-state index contributed by atoms with van der Waals surface area (Å²) < 4.78 is 15.6. The number of carbonyl (C=O) groups excluding carboxylic acids is 3. The second kappa shape index (κ2) is 11.1. The molecule has 0 aromatic carbocycles. The largest absolute Gasteiger partial charge is 0.464 e. The molecule has 0 spiro atoms. The number of amides is 4. The van der Waals surface area contributed by atoms with Gasteiger partial charge in [0.1, 0.15) is 6.04 Å². The van der Waals surface area contributed by atoms with Gasteiger partial charge in [-0.2, -0.15) is 0 Å². The third-order valence-corrected chi connectivity index (χ3v) is 2.97. The SMILES string of the molecule is CCOCCOCCOCC(C(=O)NNC(=O)O)N1C(=O)C=CC1=O. The van der Waals surface area contributed by atoms with Crippen molar-refractivity contribution in [1.82, 2.24) is 15.8 Å². The fourth-order valence-electron chi connectivity index (χ4n) is 1.86. The molecule has 3 N–H and O–H groups in total. The molecule has 11 heteroatoms. The predicted octanol–water partition coefficient (Wildman–Crippen LogP) is -1.35. The molecule has 140 valence electrons. The van der Waals surface area contributed by atoms with E-state index >= 15 is 0 Å². The van der Waals surface area contributed by atoms with Crippen LogP contribution in [0.2, 0.25) is 0 Å². The summed E-state index contributed by atoms with van der Waals surface area (Å²) in [5.41, 5.74) is 3.55. The van der Waals surface area contributed by atoms with E-state index in [0.29, 0.717) is 24.7 Å². The number of hydrazine groups is 1. The number of nitrogens with one attached hydrogen (secondary N) is 2. The van der Waals surface area contributed by atoms with Crippen LogP contribution >= 0.6 is 0 Å². The molecule has 0 radical (unpaired) electrons. The van der Waals surface area contributed by atoms with Crippen molar-refractivity contribution in [3.63, 3.8) is 0 Å². The Morgan fingerprint density at radius 3 is 2.16 bits per heavy atom. The van der Waals surface area contributed by atoms with Crippen LogP contribution in [0.25, 0.3) is 0 Å². The first-order valence-corrected chi connectivity index (χ1v) is 7.54. The van der Waals surface area contributed by atoms with Crippen LogP contribution in [0, 0.1) is 0 Å². The predicted molar refractivity (Wildman–Crippen MR) is 82.2 cm³/mol. The Balaban J connectivity index is 2.46. The van der Waals surface area contributed by atoms with Gasteiger partial charge in [-0.05, 0) is 6.92 Å². The standard InChI is InChI=1S/C14H21N3O8/c1-2-23-5-6-24-7-8-25-9-10(13(20)15-16-14(21)22)17-11(18)3-4-12(17)19/h3-4,10,16H,2,5-9H2,1H3,(H,15,20)(H,21,22). The smallest absolute Gasteiger partial charge is 0.423 e. The van der Waals surface area contributed by atoms with Gasteiger partial charge in [-0.15, -0.1) is 0 Å². The molecule has 0 bridgehead atoms. The van der Waals surface area contributed by atoms with Crippen molar-refractivity contribution in [1.29, 1.82) is 0 Å². The molecule has 1 rings (SSSR count). The molecule has 1 aliphatic rings. The van der Waals surface area contributed by atoms with Gasteiger partial charge < -0.3 is 19.3 Å². The summed E-state index contributed by atoms with van der Waals surface area (Å²) >= 11 is 0. The van der Waals surface area contributed by atoms with Crippen molar-refractivity contribution < 1.29 is 38.5 Å². The fraction of sp³-hybridized carbons (Fsp3) is 0.571. The summed E-state index contributed by atoms with van der Waals surface area (Å²) in [4.78, 5) is 46.6. The van der Waals surface area contributed by atoms with Gasteiger partial charge in [0.25, 0.3) is 17.7 Å². The number of hydrogen-bond donors (Lipinski definition) is 3. The second-order valence-electron chi connectivity index (χ2n) is 4.70. The van der Waals surface area contributed by atoms with E-state index in [1.54, 1.807) is 5.43 Å². The van der Waals surface area contributed by atoms with E-state index in [1.165, 1.54) is 0 Å². The number of rotatable bonds is 11. The van der Waals surface area contributed by atoms with Crippen molar-refractivity contribution in [3.05, 3.63) is 12.2 Å². The molecule has 0 aromatic rings. The molecule has 1 heterocycles. The Labute approximate surface area is 143 Å². The van der Waals surface area contributed by atoms with E-state index in [9.17, 15) is 19.2 Å². The fourth-order valence-corrected chi connectivity index (χ4v) is 1.86. The average Bonchev–Trinajstić information content (AvgIpc) is 2.90. The highest BCUT2D eigenvalue weighted by atomic mass is 16.5. The van der Waals surface area contributed by atoms with E-state index in [4.69, 9.17) is 19.3 Å². The summed E-state index contributed by atoms with van der Waals surface area (Å²) in [6, 6.07) is -1.31. The van der Waals surface area contributed by atoms with Crippen LogP contribution in [-0.2, 0) is 28.6 Å². The lowest BCUT2D eigenvalue weighted by molar-refractivity contribution is -0.148. The molecule has 1 atom stereocenters. The zero-order chi connectivity index (χ0) is 18.7. The monoisotopic (exact) mass is 359 g/mol. The normalized spacial score (nSPS) is 14.7. The lowest BCUT2D eigenvalue weighted by atomic mass is 10.2. The highest BCUT2D eigenvalue weighted by Gasteiger charge is 2.36. The Morgan fingerprint density at radius 2 is 1.60 bits per heavy atom. The Hall–Kier alpha value is -2.50. The summed E-state index contributed by atoms with van der Waals surface area (Å²) in [6.07, 6.45) is 0.543. The maximum atomic E-state index is 12.0. The molecule has 0 aliphatic carbocycles. The van der Waals surface area contributed by atoms with E-state index in [2.05, 4.69) is 0 Å². The molecular weight excluding hydrogens is 338 g/mol. The topological polar surface area (TPSA) is 144 Å². The number of ether oxygens (including phenoxy) is 3. The van der Waals surface area contributed by atoms with Crippen molar-refractivity contribution in [3.8, 4) is 0 Å². The lowest BCUT2D eigenvalue weighted by Crippen LogP contribution is -2.55. The van der Waals surface area contributed by atoms with Crippen molar-refractivity contribution in [2.45, 2.75) is 13.0 Å². The second-order valence-corrected chi connectivity index (χ2v) is 4.70. The van der Waals surface area contributed by atoms with E-state index in [1.807, 2.05) is 12.3 Å². The van der Waals surface area contributed by atoms with E-state index in [-0.39, 0.29) is 19.8 Å². The van der Waals surface area contributed by atoms with E-state index < -0.39 is 29.9 Å². The molecule has 0 aromatic heterocycles. The number of nitrogens with zero attached hydrogens (tertiary/aromatic N) is 1. The van der Waals surface area contributed by atoms with Gasteiger partial charge in [0.05, 0.1) is 33.0 Å². The minimum Gasteiger partial charge on any atom is -0.464 e. The van der Waals surface area contributed by atoms with E-state index in [0.717, 1.165) is 12.2 Å². The molecule has 0 fully saturated rings. The first-order chi connectivity index (χ1) is 12.0. The van der Waals surface area contributed by atoms with Crippen LogP contribution in [0.15, 0.2) is 12.2 Å². The molecule has 25 heavy (non-hydrogen) atoms. The van der Waals surface area contributed by atoms with Crippen molar-refractivity contribution >= 4 is 23.8 Å². The summed E-state index contributed by atoms with van der Waals surface area (Å²) in [5, 5.41) is 8.50. The van der Waals surface area contributed by atoms with Gasteiger partial charge in [0.2, 0.25) is 0 Å². The zero-order valence-corrected chi connectivity index (χ0v) is 13.7. The highest BCUT2D eigenvalue weighted by molar-refractivity contribution is 6.15. The van der Waals surface area contributed by atoms with Gasteiger partial charge in [-0.25, -0.2) is 10.2 Å². The maximum absolute atomic E-state index is 12.0. The molecule has 11 nitrogen and oxygen atoms in total. The molecule has 1 aliphatic heterocycles. The molecule has 0 saturated carbocycles. The third-order valence-electron chi connectivity index (χ3n) is 2.97. The van der Waals surface area contributed by atoms with Crippen LogP contribution in [0.3, 0.4) is 0 Å². The minimum absolute atomic E-state index is 0.117. The van der Waals surface area contributed by atoms with Crippen molar-refractivity contribution in [2.24, 2.45) is 0 Å². The van der Waals surface area contributed by atoms with Crippen LogP contribution < -0.4 is 10.9 Å². The van der Waals surface area contributed by atoms with Gasteiger partial charge in [0, 0.05) is 18.8 Å². The van der Waals surface area contributed by atoms with Gasteiger partial charge in [0.15, 0.2) is 0 Å². The Morgan fingerprint density at radius 1 is 1.04 bits per heavy atom. The first-order valence-electron chi connectivity index (χ1n) is 7.54.